The summed E-state index contributed by atoms with van der Waals surface area (Å²) in [7, 11) is 2.09. The normalized spacial score (nSPS) is 17.3. The molecule has 1 saturated heterocycles. The summed E-state index contributed by atoms with van der Waals surface area (Å²) in [6.45, 7) is 3.60. The molecule has 0 radical (unpaired) electrons. The molecule has 1 aromatic rings. The lowest BCUT2D eigenvalue weighted by atomic mass is 10.00. The molecule has 0 N–H and O–H groups in total. The molecule has 1 aliphatic rings. The third-order valence-electron chi connectivity index (χ3n) is 3.29. The highest BCUT2D eigenvalue weighted by Crippen LogP contribution is 2.19. The van der Waals surface area contributed by atoms with E-state index in [1.54, 1.807) is 6.07 Å². The van der Waals surface area contributed by atoms with Crippen molar-refractivity contribution in [1.29, 1.82) is 0 Å². The molecule has 0 bridgehead atoms. The van der Waals surface area contributed by atoms with E-state index in [2.05, 4.69) is 27.9 Å². The van der Waals surface area contributed by atoms with Gasteiger partial charge in [-0.25, -0.2) is 4.39 Å². The van der Waals surface area contributed by atoms with Crippen molar-refractivity contribution < 1.29 is 9.13 Å². The summed E-state index contributed by atoms with van der Waals surface area (Å²) >= 11 is 3.33. The molecule has 0 amide bonds. The second-order valence-corrected chi connectivity index (χ2v) is 5.95. The molecule has 1 fully saturated rings. The second-order valence-electron chi connectivity index (χ2n) is 5.03. The fraction of sp³-hybridized carbons (Fsp3) is 0.571. The molecule has 0 spiro atoms. The van der Waals surface area contributed by atoms with Crippen molar-refractivity contribution in [1.82, 2.24) is 4.90 Å². The van der Waals surface area contributed by atoms with E-state index < -0.39 is 0 Å². The van der Waals surface area contributed by atoms with Crippen LogP contribution in [0.4, 0.5) is 4.39 Å². The Labute approximate surface area is 116 Å². The summed E-state index contributed by atoms with van der Waals surface area (Å²) in [6.07, 6.45) is 2.27. The van der Waals surface area contributed by atoms with Gasteiger partial charge in [0, 0.05) is 30.8 Å². The van der Waals surface area contributed by atoms with Gasteiger partial charge in [-0.1, -0.05) is 15.9 Å². The first-order valence-corrected chi connectivity index (χ1v) is 7.14. The van der Waals surface area contributed by atoms with Gasteiger partial charge in [-0.2, -0.15) is 0 Å². The van der Waals surface area contributed by atoms with E-state index in [1.807, 2.05) is 6.07 Å². The SMILES string of the molecule is CN(Cc1cc(F)cc(Br)c1)CC1CCOCC1. The second kappa shape index (κ2) is 6.64. The van der Waals surface area contributed by atoms with Gasteiger partial charge >= 0.3 is 0 Å². The Hall–Kier alpha value is -0.450. The van der Waals surface area contributed by atoms with Crippen molar-refractivity contribution in [2.75, 3.05) is 26.8 Å². The average Bonchev–Trinajstić information content (AvgIpc) is 2.28. The molecular weight excluding hydrogens is 297 g/mol. The van der Waals surface area contributed by atoms with Crippen LogP contribution in [0.1, 0.15) is 18.4 Å². The molecule has 0 atom stereocenters. The molecule has 1 heterocycles. The summed E-state index contributed by atoms with van der Waals surface area (Å²) in [5, 5.41) is 0. The highest BCUT2D eigenvalue weighted by molar-refractivity contribution is 9.10. The number of hydrogen-bond acceptors (Lipinski definition) is 2. The van der Waals surface area contributed by atoms with Crippen LogP contribution >= 0.6 is 15.9 Å². The smallest absolute Gasteiger partial charge is 0.124 e. The van der Waals surface area contributed by atoms with Crippen LogP contribution in [0.3, 0.4) is 0 Å². The number of halogens is 2. The topological polar surface area (TPSA) is 12.5 Å². The highest BCUT2D eigenvalue weighted by atomic mass is 79.9. The summed E-state index contributed by atoms with van der Waals surface area (Å²) in [4.78, 5) is 2.26. The van der Waals surface area contributed by atoms with Crippen molar-refractivity contribution in [3.8, 4) is 0 Å². The molecule has 0 aliphatic carbocycles. The summed E-state index contributed by atoms with van der Waals surface area (Å²) in [5.74, 6) is 0.527. The third-order valence-corrected chi connectivity index (χ3v) is 3.74. The van der Waals surface area contributed by atoms with E-state index in [-0.39, 0.29) is 5.82 Å². The van der Waals surface area contributed by atoms with Crippen LogP contribution in [-0.2, 0) is 11.3 Å². The van der Waals surface area contributed by atoms with Crippen molar-refractivity contribution in [3.05, 3.63) is 34.1 Å². The van der Waals surface area contributed by atoms with Crippen molar-refractivity contribution >= 4 is 15.9 Å². The van der Waals surface area contributed by atoms with Gasteiger partial charge in [0.05, 0.1) is 0 Å². The molecule has 1 aliphatic heterocycles. The van der Waals surface area contributed by atoms with Gasteiger partial charge in [0.25, 0.3) is 0 Å². The largest absolute Gasteiger partial charge is 0.381 e. The van der Waals surface area contributed by atoms with Gasteiger partial charge < -0.3 is 9.64 Å². The molecule has 2 nitrogen and oxygen atoms in total. The number of benzene rings is 1. The quantitative estimate of drug-likeness (QED) is 0.844. The molecular formula is C14H19BrFNO. The highest BCUT2D eigenvalue weighted by Gasteiger charge is 2.15. The van der Waals surface area contributed by atoms with Crippen LogP contribution in [-0.4, -0.2) is 31.7 Å². The lowest BCUT2D eigenvalue weighted by molar-refractivity contribution is 0.0549. The fourth-order valence-corrected chi connectivity index (χ4v) is 2.96. The fourth-order valence-electron chi connectivity index (χ4n) is 2.45. The first-order chi connectivity index (χ1) is 8.63. The number of ether oxygens (including phenoxy) is 1. The Kier molecular flexibility index (Phi) is 5.15. The molecule has 0 aromatic heterocycles. The molecule has 4 heteroatoms. The van der Waals surface area contributed by atoms with E-state index in [0.717, 1.165) is 49.2 Å². The van der Waals surface area contributed by atoms with Gasteiger partial charge in [0.2, 0.25) is 0 Å². The van der Waals surface area contributed by atoms with Gasteiger partial charge in [0.15, 0.2) is 0 Å². The van der Waals surface area contributed by atoms with E-state index in [1.165, 1.54) is 6.07 Å². The van der Waals surface area contributed by atoms with Crippen molar-refractivity contribution in [2.24, 2.45) is 5.92 Å². The number of hydrogen-bond donors (Lipinski definition) is 0. The van der Waals surface area contributed by atoms with E-state index in [9.17, 15) is 4.39 Å². The molecule has 2 rings (SSSR count). The molecule has 100 valence electrons. The third kappa shape index (κ3) is 4.34. The molecule has 18 heavy (non-hydrogen) atoms. The van der Waals surface area contributed by atoms with Crippen LogP contribution in [0.25, 0.3) is 0 Å². The van der Waals surface area contributed by atoms with Crippen molar-refractivity contribution in [3.63, 3.8) is 0 Å². The molecule has 1 aromatic carbocycles. The Balaban J connectivity index is 1.87. The monoisotopic (exact) mass is 315 g/mol. The Morgan fingerprint density at radius 1 is 1.33 bits per heavy atom. The Morgan fingerprint density at radius 3 is 2.72 bits per heavy atom. The number of rotatable bonds is 4. The zero-order valence-corrected chi connectivity index (χ0v) is 12.2. The minimum atomic E-state index is -0.182. The maximum absolute atomic E-state index is 13.3. The van der Waals surface area contributed by atoms with Crippen LogP contribution < -0.4 is 0 Å². The summed E-state index contributed by atoms with van der Waals surface area (Å²) in [5.41, 5.74) is 1.01. The van der Waals surface area contributed by atoms with Gasteiger partial charge in [0.1, 0.15) is 5.82 Å². The van der Waals surface area contributed by atoms with E-state index in [0.29, 0.717) is 5.92 Å². The minimum absolute atomic E-state index is 0.182. The predicted octanol–water partition coefficient (Wildman–Crippen LogP) is 3.45. The standard InChI is InChI=1S/C14H19BrFNO/c1-17(9-11-2-4-18-5-3-11)10-12-6-13(15)8-14(16)7-12/h6-8,11H,2-5,9-10H2,1H3. The number of nitrogens with zero attached hydrogens (tertiary/aromatic N) is 1. The van der Waals surface area contributed by atoms with Gasteiger partial charge in [-0.15, -0.1) is 0 Å². The van der Waals surface area contributed by atoms with Crippen molar-refractivity contribution in [2.45, 2.75) is 19.4 Å². The maximum Gasteiger partial charge on any atom is 0.124 e. The van der Waals surface area contributed by atoms with Crippen LogP contribution in [0, 0.1) is 11.7 Å². The zero-order chi connectivity index (χ0) is 13.0. The van der Waals surface area contributed by atoms with Crippen LogP contribution in [0.5, 0.6) is 0 Å². The van der Waals surface area contributed by atoms with Crippen LogP contribution in [0.2, 0.25) is 0 Å². The zero-order valence-electron chi connectivity index (χ0n) is 10.7. The Bertz CT molecular complexity index is 373. The van der Waals surface area contributed by atoms with E-state index >= 15 is 0 Å². The maximum atomic E-state index is 13.3. The molecule has 0 saturated carbocycles. The lowest BCUT2D eigenvalue weighted by Gasteiger charge is -2.27. The van der Waals surface area contributed by atoms with Gasteiger partial charge in [-0.05, 0) is 49.6 Å². The first-order valence-electron chi connectivity index (χ1n) is 6.35. The van der Waals surface area contributed by atoms with Crippen LogP contribution in [0.15, 0.2) is 22.7 Å². The first kappa shape index (κ1) is 14.0. The minimum Gasteiger partial charge on any atom is -0.381 e. The van der Waals surface area contributed by atoms with E-state index in [4.69, 9.17) is 4.74 Å². The summed E-state index contributed by atoms with van der Waals surface area (Å²) < 4.78 is 19.4. The lowest BCUT2D eigenvalue weighted by Crippen LogP contribution is -2.29. The molecule has 0 unspecified atom stereocenters. The average molecular weight is 316 g/mol. The summed E-state index contributed by atoms with van der Waals surface area (Å²) in [6, 6.07) is 5.07. The Morgan fingerprint density at radius 2 is 2.06 bits per heavy atom. The predicted molar refractivity (Wildman–Crippen MR) is 74.0 cm³/mol. The van der Waals surface area contributed by atoms with Gasteiger partial charge in [-0.3, -0.25) is 0 Å².